The van der Waals surface area contributed by atoms with Crippen molar-refractivity contribution in [3.8, 4) is 0 Å². The average Bonchev–Trinajstić information content (AvgIpc) is 3.26. The van der Waals surface area contributed by atoms with Crippen LogP contribution in [0.1, 0.15) is 29.8 Å². The van der Waals surface area contributed by atoms with Gasteiger partial charge in [0.15, 0.2) is 5.76 Å². The van der Waals surface area contributed by atoms with Crippen LogP contribution in [0.2, 0.25) is 0 Å². The third-order valence-corrected chi connectivity index (χ3v) is 4.67. The van der Waals surface area contributed by atoms with Crippen molar-refractivity contribution in [2.45, 2.75) is 30.9 Å². The van der Waals surface area contributed by atoms with Gasteiger partial charge >= 0.3 is 0 Å². The Labute approximate surface area is 140 Å². The van der Waals surface area contributed by atoms with Crippen LogP contribution in [0.15, 0.2) is 41.3 Å². The minimum Gasteiger partial charge on any atom is -0.459 e. The summed E-state index contributed by atoms with van der Waals surface area (Å²) in [6.45, 7) is 1.94. The molecule has 0 aromatic carbocycles. The number of furan rings is 1. The predicted octanol–water partition coefficient (Wildman–Crippen LogP) is 1.95. The molecule has 2 saturated heterocycles. The van der Waals surface area contributed by atoms with Gasteiger partial charge in [0.05, 0.1) is 31.1 Å². The number of piperidine rings is 1. The van der Waals surface area contributed by atoms with Crippen LogP contribution < -0.4 is 5.32 Å². The molecule has 0 radical (unpaired) electrons. The highest BCUT2D eigenvalue weighted by molar-refractivity contribution is 5.91. The number of nitrogens with zero attached hydrogens (tertiary/aromatic N) is 3. The summed E-state index contributed by atoms with van der Waals surface area (Å²) in [6, 6.07) is 5.39. The first kappa shape index (κ1) is 15.1. The van der Waals surface area contributed by atoms with E-state index in [4.69, 9.17) is 9.15 Å². The van der Waals surface area contributed by atoms with Gasteiger partial charge in [-0.2, -0.15) is 0 Å². The minimum absolute atomic E-state index is 0.0644. The van der Waals surface area contributed by atoms with Crippen LogP contribution in [0.5, 0.6) is 0 Å². The zero-order valence-electron chi connectivity index (χ0n) is 13.4. The summed E-state index contributed by atoms with van der Waals surface area (Å²) < 4.78 is 11.4. The highest BCUT2D eigenvalue weighted by Gasteiger charge is 2.45. The van der Waals surface area contributed by atoms with Gasteiger partial charge in [-0.3, -0.25) is 4.79 Å². The second-order valence-electron chi connectivity index (χ2n) is 6.42. The Hall–Kier alpha value is -2.41. The maximum Gasteiger partial charge on any atom is 0.289 e. The van der Waals surface area contributed by atoms with Crippen LogP contribution in [0.25, 0.3) is 0 Å². The molecule has 24 heavy (non-hydrogen) atoms. The average molecular weight is 328 g/mol. The van der Waals surface area contributed by atoms with Crippen molar-refractivity contribution in [2.75, 3.05) is 25.0 Å². The quantitative estimate of drug-likeness (QED) is 0.927. The van der Waals surface area contributed by atoms with E-state index >= 15 is 0 Å². The number of ether oxygens (including phenoxy) is 1. The normalized spacial score (nSPS) is 26.7. The highest BCUT2D eigenvalue weighted by Crippen LogP contribution is 2.36. The first-order chi connectivity index (χ1) is 11.7. The molecule has 7 heteroatoms. The molecule has 2 aromatic rings. The first-order valence-corrected chi connectivity index (χ1v) is 8.24. The lowest BCUT2D eigenvalue weighted by atomic mass is 9.88. The zero-order valence-corrected chi connectivity index (χ0v) is 13.4. The lowest BCUT2D eigenvalue weighted by Gasteiger charge is -2.39. The third kappa shape index (κ3) is 2.99. The molecule has 0 aliphatic carbocycles. The maximum atomic E-state index is 12.5. The number of carbonyl (C=O) groups excluding carboxylic acids is 1. The predicted molar refractivity (Wildman–Crippen MR) is 86.6 cm³/mol. The van der Waals surface area contributed by atoms with Crippen LogP contribution in [0, 0.1) is 0 Å². The van der Waals surface area contributed by atoms with E-state index in [0.29, 0.717) is 24.9 Å². The largest absolute Gasteiger partial charge is 0.459 e. The maximum absolute atomic E-state index is 12.5. The van der Waals surface area contributed by atoms with Crippen LogP contribution in [-0.2, 0) is 4.74 Å². The van der Waals surface area contributed by atoms with Gasteiger partial charge in [-0.25, -0.2) is 9.97 Å². The van der Waals surface area contributed by atoms with Crippen molar-refractivity contribution in [1.29, 1.82) is 0 Å². The number of carbonyl (C=O) groups is 1. The summed E-state index contributed by atoms with van der Waals surface area (Å²) in [5.74, 6) is 0.936. The monoisotopic (exact) mass is 328 g/mol. The van der Waals surface area contributed by atoms with Crippen LogP contribution in [-0.4, -0.2) is 52.1 Å². The number of amides is 1. The molecule has 0 unspecified atom stereocenters. The summed E-state index contributed by atoms with van der Waals surface area (Å²) in [7, 11) is 0. The van der Waals surface area contributed by atoms with E-state index in [-0.39, 0.29) is 17.6 Å². The summed E-state index contributed by atoms with van der Waals surface area (Å²) in [5, 5.41) is 3.31. The Morgan fingerprint density at radius 3 is 3.00 bits per heavy atom. The van der Waals surface area contributed by atoms with Gasteiger partial charge in [0.2, 0.25) is 5.95 Å². The van der Waals surface area contributed by atoms with Crippen molar-refractivity contribution in [3.05, 3.63) is 42.6 Å². The number of aromatic nitrogens is 2. The standard InChI is InChI=1S/C17H20N4O3/c22-15(14-4-1-9-23-14)21-8-2-5-17(12-21)10-13(11-24-17)20-16-18-6-3-7-19-16/h1,3-4,6-7,9,13H,2,5,8,10-12H2,(H,18,19,20)/t13-,17-/m1/s1. The van der Waals surface area contributed by atoms with E-state index in [0.717, 1.165) is 25.8 Å². The Balaban J connectivity index is 1.41. The molecule has 2 aromatic heterocycles. The smallest absolute Gasteiger partial charge is 0.289 e. The SMILES string of the molecule is O=C(c1ccco1)N1CCC[C@@]2(C[C@@H](Nc3ncccn3)CO2)C1. The van der Waals surface area contributed by atoms with Crippen LogP contribution >= 0.6 is 0 Å². The lowest BCUT2D eigenvalue weighted by Crippen LogP contribution is -2.50. The molecule has 1 amide bonds. The fourth-order valence-corrected chi connectivity index (χ4v) is 3.61. The Kier molecular flexibility index (Phi) is 3.93. The fourth-order valence-electron chi connectivity index (χ4n) is 3.61. The molecular weight excluding hydrogens is 308 g/mol. The van der Waals surface area contributed by atoms with E-state index < -0.39 is 0 Å². The van der Waals surface area contributed by atoms with E-state index in [1.165, 1.54) is 6.26 Å². The highest BCUT2D eigenvalue weighted by atomic mass is 16.5. The Bertz CT molecular complexity index is 691. The molecular formula is C17H20N4O3. The molecule has 4 heterocycles. The van der Waals surface area contributed by atoms with Crippen molar-refractivity contribution in [2.24, 2.45) is 0 Å². The van der Waals surface area contributed by atoms with Gasteiger partial charge in [-0.1, -0.05) is 0 Å². The number of hydrogen-bond acceptors (Lipinski definition) is 6. The number of anilines is 1. The molecule has 7 nitrogen and oxygen atoms in total. The van der Waals surface area contributed by atoms with Gasteiger partial charge in [0, 0.05) is 25.4 Å². The van der Waals surface area contributed by atoms with Crippen molar-refractivity contribution >= 4 is 11.9 Å². The number of nitrogens with one attached hydrogen (secondary N) is 1. The van der Waals surface area contributed by atoms with Crippen molar-refractivity contribution < 1.29 is 13.9 Å². The van der Waals surface area contributed by atoms with E-state index in [1.807, 2.05) is 4.90 Å². The van der Waals surface area contributed by atoms with Crippen molar-refractivity contribution in [3.63, 3.8) is 0 Å². The third-order valence-electron chi connectivity index (χ3n) is 4.67. The van der Waals surface area contributed by atoms with Gasteiger partial charge in [-0.05, 0) is 31.0 Å². The van der Waals surface area contributed by atoms with Gasteiger partial charge < -0.3 is 19.4 Å². The van der Waals surface area contributed by atoms with E-state index in [9.17, 15) is 4.79 Å². The summed E-state index contributed by atoms with van der Waals surface area (Å²) in [6.07, 6.45) is 7.69. The van der Waals surface area contributed by atoms with Gasteiger partial charge in [-0.15, -0.1) is 0 Å². The van der Waals surface area contributed by atoms with Crippen LogP contribution in [0.3, 0.4) is 0 Å². The van der Waals surface area contributed by atoms with Crippen LogP contribution in [0.4, 0.5) is 5.95 Å². The molecule has 1 N–H and O–H groups in total. The summed E-state index contributed by atoms with van der Waals surface area (Å²) in [4.78, 5) is 22.7. The fraction of sp³-hybridized carbons (Fsp3) is 0.471. The molecule has 0 bridgehead atoms. The molecule has 126 valence electrons. The Morgan fingerprint density at radius 1 is 1.33 bits per heavy atom. The summed E-state index contributed by atoms with van der Waals surface area (Å²) >= 11 is 0. The molecule has 4 rings (SSSR count). The molecule has 1 spiro atoms. The second kappa shape index (κ2) is 6.24. The molecule has 0 saturated carbocycles. The topological polar surface area (TPSA) is 80.5 Å². The Morgan fingerprint density at radius 2 is 2.21 bits per heavy atom. The van der Waals surface area contributed by atoms with Gasteiger partial charge in [0.1, 0.15) is 0 Å². The molecule has 2 aliphatic heterocycles. The van der Waals surface area contributed by atoms with Gasteiger partial charge in [0.25, 0.3) is 5.91 Å². The number of likely N-dealkylation sites (tertiary alicyclic amines) is 1. The number of hydrogen-bond donors (Lipinski definition) is 1. The lowest BCUT2D eigenvalue weighted by molar-refractivity contribution is -0.0452. The number of rotatable bonds is 3. The zero-order chi connectivity index (χ0) is 16.4. The van der Waals surface area contributed by atoms with E-state index in [2.05, 4.69) is 15.3 Å². The molecule has 2 aliphatic rings. The minimum atomic E-state index is -0.285. The first-order valence-electron chi connectivity index (χ1n) is 8.24. The second-order valence-corrected chi connectivity index (χ2v) is 6.42. The summed E-state index contributed by atoms with van der Waals surface area (Å²) in [5.41, 5.74) is -0.285. The molecule has 2 fully saturated rings. The van der Waals surface area contributed by atoms with E-state index in [1.54, 1.807) is 30.6 Å². The molecule has 2 atom stereocenters. The van der Waals surface area contributed by atoms with Crippen molar-refractivity contribution in [1.82, 2.24) is 14.9 Å².